The van der Waals surface area contributed by atoms with Crippen LogP contribution in [0.25, 0.3) is 0 Å². The van der Waals surface area contributed by atoms with Gasteiger partial charge in [-0.25, -0.2) is 0 Å². The Kier molecular flexibility index (Phi) is 5.45. The molecule has 0 saturated heterocycles. The number of benzene rings is 1. The molecule has 3 rings (SSSR count). The van der Waals surface area contributed by atoms with E-state index in [9.17, 15) is 4.79 Å². The SMILES string of the molecule is COc1ccccc1C1(CNC(=O)c2cnccc2N(C)C)CCCC1. The van der Waals surface area contributed by atoms with Crippen LogP contribution < -0.4 is 15.0 Å². The molecule has 2 aromatic rings. The first-order valence-corrected chi connectivity index (χ1v) is 9.10. The number of hydrogen-bond donors (Lipinski definition) is 1. The summed E-state index contributed by atoms with van der Waals surface area (Å²) in [6, 6.07) is 10.0. The van der Waals surface area contributed by atoms with E-state index in [1.54, 1.807) is 19.5 Å². The predicted molar refractivity (Wildman–Crippen MR) is 104 cm³/mol. The second-order valence-corrected chi connectivity index (χ2v) is 7.16. The van der Waals surface area contributed by atoms with Gasteiger partial charge in [0.15, 0.2) is 0 Å². The molecule has 26 heavy (non-hydrogen) atoms. The fourth-order valence-electron chi connectivity index (χ4n) is 3.97. The number of hydrogen-bond acceptors (Lipinski definition) is 4. The van der Waals surface area contributed by atoms with Crippen LogP contribution in [-0.2, 0) is 5.41 Å². The lowest BCUT2D eigenvalue weighted by atomic mass is 9.78. The number of rotatable bonds is 6. The number of para-hydroxylation sites is 1. The summed E-state index contributed by atoms with van der Waals surface area (Å²) in [6.45, 7) is 0.605. The van der Waals surface area contributed by atoms with Crippen molar-refractivity contribution in [2.75, 3.05) is 32.6 Å². The number of nitrogens with one attached hydrogen (secondary N) is 1. The van der Waals surface area contributed by atoms with Gasteiger partial charge in [-0.05, 0) is 25.0 Å². The van der Waals surface area contributed by atoms with E-state index in [0.29, 0.717) is 12.1 Å². The molecule has 1 aromatic heterocycles. The van der Waals surface area contributed by atoms with Crippen LogP contribution in [0.2, 0.25) is 0 Å². The average Bonchev–Trinajstić information content (AvgIpc) is 3.16. The lowest BCUT2D eigenvalue weighted by Crippen LogP contribution is -2.39. The minimum Gasteiger partial charge on any atom is -0.496 e. The van der Waals surface area contributed by atoms with Crippen molar-refractivity contribution < 1.29 is 9.53 Å². The third-order valence-corrected chi connectivity index (χ3v) is 5.35. The van der Waals surface area contributed by atoms with E-state index in [0.717, 1.165) is 24.3 Å². The molecule has 5 heteroatoms. The van der Waals surface area contributed by atoms with Gasteiger partial charge in [-0.1, -0.05) is 31.0 Å². The minimum absolute atomic E-state index is 0.0667. The molecule has 1 saturated carbocycles. The highest BCUT2D eigenvalue weighted by Crippen LogP contribution is 2.44. The van der Waals surface area contributed by atoms with Crippen molar-refractivity contribution >= 4 is 11.6 Å². The second-order valence-electron chi connectivity index (χ2n) is 7.16. The Morgan fingerprint density at radius 1 is 1.23 bits per heavy atom. The first kappa shape index (κ1) is 18.2. The van der Waals surface area contributed by atoms with Gasteiger partial charge >= 0.3 is 0 Å². The second kappa shape index (κ2) is 7.77. The molecule has 0 unspecified atom stereocenters. The number of amides is 1. The maximum atomic E-state index is 12.8. The lowest BCUT2D eigenvalue weighted by molar-refractivity contribution is 0.0943. The summed E-state index contributed by atoms with van der Waals surface area (Å²) >= 11 is 0. The van der Waals surface area contributed by atoms with Crippen molar-refractivity contribution in [3.8, 4) is 5.75 Å². The number of pyridine rings is 1. The Hall–Kier alpha value is -2.56. The number of ether oxygens (including phenoxy) is 1. The first-order valence-electron chi connectivity index (χ1n) is 9.10. The van der Waals surface area contributed by atoms with Crippen LogP contribution in [0, 0.1) is 0 Å². The van der Waals surface area contributed by atoms with Crippen LogP contribution in [0.3, 0.4) is 0 Å². The molecule has 1 aliphatic rings. The van der Waals surface area contributed by atoms with Crippen LogP contribution in [0.5, 0.6) is 5.75 Å². The summed E-state index contributed by atoms with van der Waals surface area (Å²) in [7, 11) is 5.57. The normalized spacial score (nSPS) is 15.5. The summed E-state index contributed by atoms with van der Waals surface area (Å²) in [5.41, 5.74) is 2.60. The highest BCUT2D eigenvalue weighted by Gasteiger charge is 2.38. The molecule has 1 N–H and O–H groups in total. The predicted octanol–water partition coefficient (Wildman–Crippen LogP) is 3.40. The van der Waals surface area contributed by atoms with Crippen LogP contribution in [0.15, 0.2) is 42.7 Å². The molecule has 0 atom stereocenters. The highest BCUT2D eigenvalue weighted by molar-refractivity contribution is 5.99. The minimum atomic E-state index is -0.0806. The van der Waals surface area contributed by atoms with Crippen LogP contribution >= 0.6 is 0 Å². The van der Waals surface area contributed by atoms with Crippen molar-refractivity contribution in [2.24, 2.45) is 0 Å². The third-order valence-electron chi connectivity index (χ3n) is 5.35. The molecule has 0 aliphatic heterocycles. The van der Waals surface area contributed by atoms with E-state index >= 15 is 0 Å². The zero-order chi connectivity index (χ0) is 18.6. The number of carbonyl (C=O) groups is 1. The Morgan fingerprint density at radius 2 is 1.96 bits per heavy atom. The first-order chi connectivity index (χ1) is 12.6. The standard InChI is InChI=1S/C21H27N3O2/c1-24(2)18-10-13-22-14-16(18)20(25)23-15-21(11-6-7-12-21)17-8-4-5-9-19(17)26-3/h4-5,8-10,13-14H,6-7,11-12,15H2,1-3H3,(H,23,25). The number of methoxy groups -OCH3 is 1. The summed E-state index contributed by atoms with van der Waals surface area (Å²) in [6.07, 6.45) is 7.80. The lowest BCUT2D eigenvalue weighted by Gasteiger charge is -2.31. The van der Waals surface area contributed by atoms with Gasteiger partial charge < -0.3 is 15.0 Å². The highest BCUT2D eigenvalue weighted by atomic mass is 16.5. The molecule has 1 heterocycles. The van der Waals surface area contributed by atoms with Gasteiger partial charge in [0.2, 0.25) is 0 Å². The van der Waals surface area contributed by atoms with Crippen LogP contribution in [0.4, 0.5) is 5.69 Å². The zero-order valence-electron chi connectivity index (χ0n) is 15.8. The average molecular weight is 353 g/mol. The van der Waals surface area contributed by atoms with Crippen molar-refractivity contribution in [2.45, 2.75) is 31.1 Å². The summed E-state index contributed by atoms with van der Waals surface area (Å²) in [5.74, 6) is 0.821. The fraction of sp³-hybridized carbons (Fsp3) is 0.429. The van der Waals surface area contributed by atoms with E-state index in [4.69, 9.17) is 4.74 Å². The molecule has 1 aliphatic carbocycles. The molecule has 138 valence electrons. The number of aromatic nitrogens is 1. The number of anilines is 1. The van der Waals surface area contributed by atoms with Gasteiger partial charge in [0.25, 0.3) is 5.91 Å². The molecule has 5 nitrogen and oxygen atoms in total. The van der Waals surface area contributed by atoms with Crippen molar-refractivity contribution in [1.82, 2.24) is 10.3 Å². The van der Waals surface area contributed by atoms with Gasteiger partial charge in [0.05, 0.1) is 18.4 Å². The van der Waals surface area contributed by atoms with Crippen molar-refractivity contribution in [3.63, 3.8) is 0 Å². The topological polar surface area (TPSA) is 54.5 Å². The summed E-state index contributed by atoms with van der Waals surface area (Å²) < 4.78 is 5.60. The third kappa shape index (κ3) is 3.52. The monoisotopic (exact) mass is 353 g/mol. The maximum absolute atomic E-state index is 12.8. The fourth-order valence-corrected chi connectivity index (χ4v) is 3.97. The van der Waals surface area contributed by atoms with E-state index in [-0.39, 0.29) is 11.3 Å². The molecule has 1 fully saturated rings. The van der Waals surface area contributed by atoms with Gasteiger partial charge in [-0.15, -0.1) is 0 Å². The van der Waals surface area contributed by atoms with E-state index in [1.165, 1.54) is 18.4 Å². The van der Waals surface area contributed by atoms with Crippen LogP contribution in [0.1, 0.15) is 41.6 Å². The quantitative estimate of drug-likeness (QED) is 0.865. The largest absolute Gasteiger partial charge is 0.496 e. The molecule has 0 spiro atoms. The summed E-state index contributed by atoms with van der Waals surface area (Å²) in [4.78, 5) is 18.9. The number of nitrogens with zero attached hydrogens (tertiary/aromatic N) is 2. The Morgan fingerprint density at radius 3 is 2.65 bits per heavy atom. The van der Waals surface area contributed by atoms with Gasteiger partial charge in [0, 0.05) is 44.0 Å². The molecule has 1 amide bonds. The Balaban J connectivity index is 1.83. The van der Waals surface area contributed by atoms with Gasteiger partial charge in [-0.3, -0.25) is 9.78 Å². The number of carbonyl (C=O) groups excluding carboxylic acids is 1. The molecule has 0 radical (unpaired) electrons. The molecular formula is C21H27N3O2. The van der Waals surface area contributed by atoms with Gasteiger partial charge in [0.1, 0.15) is 5.75 Å². The molecule has 0 bridgehead atoms. The van der Waals surface area contributed by atoms with Crippen LogP contribution in [-0.4, -0.2) is 38.6 Å². The molecule has 1 aromatic carbocycles. The van der Waals surface area contributed by atoms with Crippen molar-refractivity contribution in [1.29, 1.82) is 0 Å². The summed E-state index contributed by atoms with van der Waals surface area (Å²) in [5, 5.41) is 3.17. The van der Waals surface area contributed by atoms with E-state index in [1.807, 2.05) is 43.3 Å². The van der Waals surface area contributed by atoms with Gasteiger partial charge in [-0.2, -0.15) is 0 Å². The van der Waals surface area contributed by atoms with E-state index in [2.05, 4.69) is 16.4 Å². The maximum Gasteiger partial charge on any atom is 0.254 e. The van der Waals surface area contributed by atoms with E-state index < -0.39 is 0 Å². The Labute approximate surface area is 155 Å². The zero-order valence-corrected chi connectivity index (χ0v) is 15.8. The van der Waals surface area contributed by atoms with Crippen molar-refractivity contribution in [3.05, 3.63) is 53.9 Å². The molecular weight excluding hydrogens is 326 g/mol. The Bertz CT molecular complexity index is 767. The smallest absolute Gasteiger partial charge is 0.254 e.